The van der Waals surface area contributed by atoms with Crippen LogP contribution in [0.4, 0.5) is 0 Å². The molecule has 7 nitrogen and oxygen atoms in total. The van der Waals surface area contributed by atoms with E-state index in [2.05, 4.69) is 33.1 Å². The Labute approximate surface area is 208 Å². The number of phenolic OH excluding ortho intramolecular Hbond substituents is 1. The Morgan fingerprint density at radius 1 is 1.21 bits per heavy atom. The maximum atomic E-state index is 12.8. The summed E-state index contributed by atoms with van der Waals surface area (Å²) in [6.07, 6.45) is 3.53. The van der Waals surface area contributed by atoms with Crippen LogP contribution in [0.25, 0.3) is 22.2 Å². The molecule has 0 saturated carbocycles. The molecule has 0 spiro atoms. The number of halogens is 1. The zero-order chi connectivity index (χ0) is 24.1. The number of hydrogen-bond donors (Lipinski definition) is 1. The topological polar surface area (TPSA) is 89.3 Å². The molecule has 0 atom stereocenters. The number of benzene rings is 2. The predicted molar refractivity (Wildman–Crippen MR) is 139 cm³/mol. The molecule has 2 aromatic heterocycles. The molecule has 0 unspecified atom stereocenters. The van der Waals surface area contributed by atoms with Gasteiger partial charge in [-0.15, -0.1) is 16.4 Å². The van der Waals surface area contributed by atoms with Gasteiger partial charge in [-0.05, 0) is 61.4 Å². The van der Waals surface area contributed by atoms with Crippen molar-refractivity contribution in [3.63, 3.8) is 0 Å². The molecule has 2 aromatic carbocycles. The third kappa shape index (κ3) is 5.31. The lowest BCUT2D eigenvalue weighted by atomic mass is 10.1. The molecular formula is C25H24BrN3O4S. The molecule has 0 aliphatic heterocycles. The van der Waals surface area contributed by atoms with Gasteiger partial charge in [-0.25, -0.2) is 4.79 Å². The first-order chi connectivity index (χ1) is 16.5. The van der Waals surface area contributed by atoms with Crippen molar-refractivity contribution in [1.29, 1.82) is 0 Å². The van der Waals surface area contributed by atoms with Gasteiger partial charge in [-0.2, -0.15) is 5.10 Å². The third-order valence-corrected chi connectivity index (χ3v) is 6.48. The summed E-state index contributed by atoms with van der Waals surface area (Å²) in [5.41, 5.74) is 2.15. The Hall–Kier alpha value is -3.17. The van der Waals surface area contributed by atoms with Crippen LogP contribution in [0.3, 0.4) is 0 Å². The van der Waals surface area contributed by atoms with Crippen molar-refractivity contribution in [2.24, 2.45) is 10.2 Å². The molecule has 0 aliphatic carbocycles. The van der Waals surface area contributed by atoms with Crippen molar-refractivity contribution in [2.45, 2.75) is 33.2 Å². The van der Waals surface area contributed by atoms with Crippen LogP contribution in [0.1, 0.15) is 32.3 Å². The van der Waals surface area contributed by atoms with E-state index in [9.17, 15) is 9.90 Å². The molecule has 0 aliphatic rings. The highest BCUT2D eigenvalue weighted by atomic mass is 79.9. The van der Waals surface area contributed by atoms with Crippen molar-refractivity contribution in [1.82, 2.24) is 4.57 Å². The van der Waals surface area contributed by atoms with Crippen LogP contribution in [0.5, 0.6) is 11.5 Å². The van der Waals surface area contributed by atoms with Gasteiger partial charge in [0.05, 0.1) is 24.1 Å². The van der Waals surface area contributed by atoms with E-state index in [0.717, 1.165) is 34.0 Å². The third-order valence-electron chi connectivity index (χ3n) is 5.14. The molecule has 4 aromatic rings. The summed E-state index contributed by atoms with van der Waals surface area (Å²) in [6, 6.07) is 12.4. The second kappa shape index (κ2) is 10.8. The number of unbranched alkanes of at least 4 members (excludes halogenated alkanes) is 1. The van der Waals surface area contributed by atoms with Crippen LogP contribution in [-0.4, -0.2) is 22.5 Å². The highest BCUT2D eigenvalue weighted by Gasteiger charge is 2.14. The first-order valence-electron chi connectivity index (χ1n) is 10.9. The van der Waals surface area contributed by atoms with E-state index in [0.29, 0.717) is 34.8 Å². The number of fused-ring (bicyclic) bond motifs is 1. The average Bonchev–Trinajstić information content (AvgIpc) is 3.22. The van der Waals surface area contributed by atoms with E-state index in [1.807, 2.05) is 35.1 Å². The number of ether oxygens (including phenoxy) is 1. The van der Waals surface area contributed by atoms with E-state index in [1.165, 1.54) is 11.3 Å². The SMILES string of the molecule is CCCCn1c(-c2cc3cc(Br)ccc3oc2=O)cs/c1=N/N=C/c1ccc(O)c(OCC)c1. The van der Waals surface area contributed by atoms with Crippen LogP contribution in [-0.2, 0) is 6.54 Å². The lowest BCUT2D eigenvalue weighted by Gasteiger charge is -2.08. The van der Waals surface area contributed by atoms with E-state index >= 15 is 0 Å². The van der Waals surface area contributed by atoms with Gasteiger partial charge in [-0.1, -0.05) is 29.3 Å². The van der Waals surface area contributed by atoms with Crippen molar-refractivity contribution < 1.29 is 14.3 Å². The number of rotatable bonds is 8. The minimum atomic E-state index is -0.388. The Morgan fingerprint density at radius 3 is 2.85 bits per heavy atom. The minimum absolute atomic E-state index is 0.0810. The number of phenols is 1. The Morgan fingerprint density at radius 2 is 2.06 bits per heavy atom. The molecule has 1 N–H and O–H groups in total. The van der Waals surface area contributed by atoms with Crippen molar-refractivity contribution >= 4 is 44.5 Å². The van der Waals surface area contributed by atoms with Gasteiger partial charge in [0.1, 0.15) is 5.58 Å². The van der Waals surface area contributed by atoms with Gasteiger partial charge in [-0.3, -0.25) is 0 Å². The van der Waals surface area contributed by atoms with Gasteiger partial charge in [0.15, 0.2) is 11.5 Å². The molecular weight excluding hydrogens is 518 g/mol. The fourth-order valence-electron chi connectivity index (χ4n) is 3.46. The minimum Gasteiger partial charge on any atom is -0.504 e. The number of hydrogen-bond acceptors (Lipinski definition) is 7. The van der Waals surface area contributed by atoms with E-state index in [1.54, 1.807) is 30.5 Å². The highest BCUT2D eigenvalue weighted by Crippen LogP contribution is 2.26. The van der Waals surface area contributed by atoms with E-state index in [4.69, 9.17) is 9.15 Å². The maximum Gasteiger partial charge on any atom is 0.345 e. The van der Waals surface area contributed by atoms with Gasteiger partial charge < -0.3 is 18.8 Å². The van der Waals surface area contributed by atoms with Gasteiger partial charge >= 0.3 is 5.63 Å². The standard InChI is InChI=1S/C25H24BrN3O4S/c1-3-5-10-29-20(19-13-17-12-18(26)7-9-22(17)33-24(19)31)15-34-25(29)28-27-14-16-6-8-21(30)23(11-16)32-4-2/h6-9,11-15,30H,3-5,10H2,1-2H3/b27-14+,28-25+. The number of aromatic hydroxyl groups is 1. The van der Waals surface area contributed by atoms with Crippen molar-refractivity contribution in [3.05, 3.63) is 73.1 Å². The van der Waals surface area contributed by atoms with Gasteiger partial charge in [0.25, 0.3) is 0 Å². The smallest absolute Gasteiger partial charge is 0.345 e. The molecule has 0 amide bonds. The second-order valence-corrected chi connectivity index (χ2v) is 9.30. The molecule has 176 valence electrons. The van der Waals surface area contributed by atoms with Crippen LogP contribution in [0.15, 0.2) is 71.7 Å². The molecule has 0 radical (unpaired) electrons. The summed E-state index contributed by atoms with van der Waals surface area (Å²) < 4.78 is 13.9. The summed E-state index contributed by atoms with van der Waals surface area (Å²) >= 11 is 4.89. The molecule has 9 heteroatoms. The monoisotopic (exact) mass is 541 g/mol. The number of nitrogens with zero attached hydrogens (tertiary/aromatic N) is 3. The molecule has 34 heavy (non-hydrogen) atoms. The lowest BCUT2D eigenvalue weighted by molar-refractivity contribution is 0.318. The number of aromatic nitrogens is 1. The summed E-state index contributed by atoms with van der Waals surface area (Å²) in [5.74, 6) is 0.482. The predicted octanol–water partition coefficient (Wildman–Crippen LogP) is 5.92. The Balaban J connectivity index is 1.74. The van der Waals surface area contributed by atoms with Crippen LogP contribution in [0.2, 0.25) is 0 Å². The maximum absolute atomic E-state index is 12.8. The lowest BCUT2D eigenvalue weighted by Crippen LogP contribution is -2.17. The zero-order valence-electron chi connectivity index (χ0n) is 18.8. The van der Waals surface area contributed by atoms with E-state index < -0.39 is 0 Å². The molecule has 0 bridgehead atoms. The summed E-state index contributed by atoms with van der Waals surface area (Å²) in [7, 11) is 0. The normalized spacial score (nSPS) is 12.1. The fraction of sp³-hybridized carbons (Fsp3) is 0.240. The second-order valence-electron chi connectivity index (χ2n) is 7.54. The fourth-order valence-corrected chi connectivity index (χ4v) is 4.72. The first-order valence-corrected chi connectivity index (χ1v) is 12.6. The molecule has 2 heterocycles. The van der Waals surface area contributed by atoms with Crippen LogP contribution in [0, 0.1) is 0 Å². The Bertz CT molecular complexity index is 1470. The quantitative estimate of drug-likeness (QED) is 0.170. The van der Waals surface area contributed by atoms with Crippen molar-refractivity contribution in [3.8, 4) is 22.8 Å². The van der Waals surface area contributed by atoms with Crippen LogP contribution >= 0.6 is 27.3 Å². The molecule has 0 fully saturated rings. The summed E-state index contributed by atoms with van der Waals surface area (Å²) in [4.78, 5) is 13.5. The van der Waals surface area contributed by atoms with E-state index in [-0.39, 0.29) is 11.4 Å². The molecule has 0 saturated heterocycles. The largest absolute Gasteiger partial charge is 0.504 e. The number of thiazole rings is 1. The van der Waals surface area contributed by atoms with Crippen LogP contribution < -0.4 is 15.2 Å². The van der Waals surface area contributed by atoms with Crippen molar-refractivity contribution in [2.75, 3.05) is 6.61 Å². The highest BCUT2D eigenvalue weighted by molar-refractivity contribution is 9.10. The summed E-state index contributed by atoms with van der Waals surface area (Å²) in [5, 5.41) is 21.3. The van der Waals surface area contributed by atoms with Gasteiger partial charge in [0, 0.05) is 21.8 Å². The Kier molecular flexibility index (Phi) is 7.64. The molecule has 4 rings (SSSR count). The first kappa shape index (κ1) is 24.0. The average molecular weight is 542 g/mol. The zero-order valence-corrected chi connectivity index (χ0v) is 21.2. The van der Waals surface area contributed by atoms with Gasteiger partial charge in [0.2, 0.25) is 4.80 Å². The summed E-state index contributed by atoms with van der Waals surface area (Å²) in [6.45, 7) is 5.12.